The Morgan fingerprint density at radius 3 is 2.57 bits per heavy atom. The first kappa shape index (κ1) is 15.0. The molecular formula is C19H18N2O2. The summed E-state index contributed by atoms with van der Waals surface area (Å²) in [5, 5.41) is 4.27. The molecule has 0 saturated carbocycles. The van der Waals surface area contributed by atoms with E-state index in [2.05, 4.69) is 10.3 Å². The number of hydrogen-bond acceptors (Lipinski definition) is 2. The number of benzene rings is 2. The van der Waals surface area contributed by atoms with Crippen LogP contribution >= 0.6 is 0 Å². The Labute approximate surface area is 134 Å². The summed E-state index contributed by atoms with van der Waals surface area (Å²) in [6, 6.07) is 16.7. The van der Waals surface area contributed by atoms with Gasteiger partial charge in [0.05, 0.1) is 6.04 Å². The third kappa shape index (κ3) is 3.01. The van der Waals surface area contributed by atoms with Gasteiger partial charge < -0.3 is 10.3 Å². The second-order valence-electron chi connectivity index (χ2n) is 5.65. The van der Waals surface area contributed by atoms with E-state index < -0.39 is 0 Å². The molecule has 4 nitrogen and oxygen atoms in total. The van der Waals surface area contributed by atoms with Crippen molar-refractivity contribution >= 4 is 16.7 Å². The molecule has 0 saturated heterocycles. The second kappa shape index (κ2) is 6.08. The number of rotatable bonds is 3. The molecule has 1 amide bonds. The van der Waals surface area contributed by atoms with Crippen LogP contribution in [0.3, 0.4) is 0 Å². The summed E-state index contributed by atoms with van der Waals surface area (Å²) in [6.45, 7) is 3.94. The molecule has 0 aliphatic heterocycles. The number of aromatic nitrogens is 1. The van der Waals surface area contributed by atoms with Gasteiger partial charge in [0.2, 0.25) is 0 Å². The van der Waals surface area contributed by atoms with Crippen molar-refractivity contribution in [1.29, 1.82) is 0 Å². The molecule has 0 fully saturated rings. The highest BCUT2D eigenvalue weighted by molar-refractivity contribution is 5.96. The molecule has 4 heteroatoms. The number of aryl methyl sites for hydroxylation is 1. The molecule has 0 bridgehead atoms. The van der Waals surface area contributed by atoms with Gasteiger partial charge in [0.1, 0.15) is 5.69 Å². The van der Waals surface area contributed by atoms with Gasteiger partial charge in [-0.25, -0.2) is 0 Å². The van der Waals surface area contributed by atoms with E-state index >= 15 is 0 Å². The number of fused-ring (bicyclic) bond motifs is 1. The lowest BCUT2D eigenvalue weighted by atomic mass is 10.0. The molecule has 116 valence electrons. The molecule has 1 atom stereocenters. The zero-order chi connectivity index (χ0) is 16.4. The van der Waals surface area contributed by atoms with Crippen molar-refractivity contribution in [3.63, 3.8) is 0 Å². The van der Waals surface area contributed by atoms with Gasteiger partial charge in [-0.3, -0.25) is 9.59 Å². The van der Waals surface area contributed by atoms with Crippen molar-refractivity contribution in [2.24, 2.45) is 0 Å². The number of carbonyl (C=O) groups is 1. The SMILES string of the molecule is Cc1ccccc1C(C)NC(=O)c1cc2ccccc2c(=O)[nH]1. The largest absolute Gasteiger partial charge is 0.344 e. The first-order chi connectivity index (χ1) is 11.1. The first-order valence-corrected chi connectivity index (χ1v) is 7.54. The highest BCUT2D eigenvalue weighted by Crippen LogP contribution is 2.17. The molecule has 1 aromatic heterocycles. The fourth-order valence-corrected chi connectivity index (χ4v) is 2.76. The van der Waals surface area contributed by atoms with Crippen molar-refractivity contribution in [2.75, 3.05) is 0 Å². The van der Waals surface area contributed by atoms with Crippen LogP contribution < -0.4 is 10.9 Å². The van der Waals surface area contributed by atoms with Crippen molar-refractivity contribution in [1.82, 2.24) is 10.3 Å². The number of aromatic amines is 1. The molecular weight excluding hydrogens is 288 g/mol. The van der Waals surface area contributed by atoms with Crippen LogP contribution in [0, 0.1) is 6.92 Å². The van der Waals surface area contributed by atoms with Gasteiger partial charge in [-0.1, -0.05) is 42.5 Å². The van der Waals surface area contributed by atoms with E-state index in [0.717, 1.165) is 16.5 Å². The van der Waals surface area contributed by atoms with Gasteiger partial charge in [-0.05, 0) is 42.5 Å². The number of nitrogens with one attached hydrogen (secondary N) is 2. The zero-order valence-corrected chi connectivity index (χ0v) is 13.1. The standard InChI is InChI=1S/C19H18N2O2/c1-12-7-3-5-9-15(12)13(2)20-19(23)17-11-14-8-4-6-10-16(14)18(22)21-17/h3-11,13H,1-2H3,(H,20,23)(H,21,22). The maximum atomic E-state index is 12.5. The van der Waals surface area contributed by atoms with Crippen LogP contribution in [0.5, 0.6) is 0 Å². The quantitative estimate of drug-likeness (QED) is 0.779. The lowest BCUT2D eigenvalue weighted by Crippen LogP contribution is -2.29. The van der Waals surface area contributed by atoms with Crippen LogP contribution in [0.15, 0.2) is 59.4 Å². The van der Waals surface area contributed by atoms with Gasteiger partial charge in [0.15, 0.2) is 0 Å². The third-order valence-electron chi connectivity index (χ3n) is 4.00. The van der Waals surface area contributed by atoms with E-state index in [4.69, 9.17) is 0 Å². The molecule has 23 heavy (non-hydrogen) atoms. The predicted octanol–water partition coefficient (Wildman–Crippen LogP) is 3.33. The van der Waals surface area contributed by atoms with Crippen LogP contribution in [-0.2, 0) is 0 Å². The van der Waals surface area contributed by atoms with Gasteiger partial charge >= 0.3 is 0 Å². The van der Waals surface area contributed by atoms with Gasteiger partial charge in [0.25, 0.3) is 11.5 Å². The van der Waals surface area contributed by atoms with E-state index in [9.17, 15) is 9.59 Å². The topological polar surface area (TPSA) is 62.0 Å². The van der Waals surface area contributed by atoms with Crippen LogP contribution in [0.4, 0.5) is 0 Å². The second-order valence-corrected chi connectivity index (χ2v) is 5.65. The minimum atomic E-state index is -0.288. The fraction of sp³-hybridized carbons (Fsp3) is 0.158. The lowest BCUT2D eigenvalue weighted by molar-refractivity contribution is 0.0934. The summed E-state index contributed by atoms with van der Waals surface area (Å²) < 4.78 is 0. The average Bonchev–Trinajstić information content (AvgIpc) is 2.55. The van der Waals surface area contributed by atoms with Crippen molar-refractivity contribution in [3.05, 3.63) is 81.8 Å². The normalized spacial score (nSPS) is 12.1. The molecule has 0 aliphatic rings. The van der Waals surface area contributed by atoms with Crippen LogP contribution in [0.2, 0.25) is 0 Å². The molecule has 3 rings (SSSR count). The smallest absolute Gasteiger partial charge is 0.268 e. The molecule has 2 N–H and O–H groups in total. The molecule has 2 aromatic carbocycles. The monoisotopic (exact) mass is 306 g/mol. The average molecular weight is 306 g/mol. The Balaban J connectivity index is 1.89. The number of H-pyrrole nitrogens is 1. The Hall–Kier alpha value is -2.88. The Morgan fingerprint density at radius 1 is 1.09 bits per heavy atom. The molecule has 0 aliphatic carbocycles. The minimum Gasteiger partial charge on any atom is -0.344 e. The molecule has 1 unspecified atom stereocenters. The van der Waals surface area contributed by atoms with E-state index in [-0.39, 0.29) is 23.2 Å². The summed E-state index contributed by atoms with van der Waals surface area (Å²) in [7, 11) is 0. The summed E-state index contributed by atoms with van der Waals surface area (Å²) in [5.41, 5.74) is 2.20. The molecule has 1 heterocycles. The Kier molecular flexibility index (Phi) is 3.98. The Morgan fingerprint density at radius 2 is 1.78 bits per heavy atom. The number of hydrogen-bond donors (Lipinski definition) is 2. The Bertz CT molecular complexity index is 928. The summed E-state index contributed by atoms with van der Waals surface area (Å²) in [6.07, 6.45) is 0. The van der Waals surface area contributed by atoms with Crippen molar-refractivity contribution in [3.8, 4) is 0 Å². The van der Waals surface area contributed by atoms with Crippen molar-refractivity contribution in [2.45, 2.75) is 19.9 Å². The first-order valence-electron chi connectivity index (χ1n) is 7.54. The summed E-state index contributed by atoms with van der Waals surface area (Å²) in [5.74, 6) is -0.288. The maximum Gasteiger partial charge on any atom is 0.268 e. The number of amides is 1. The zero-order valence-electron chi connectivity index (χ0n) is 13.1. The molecule has 3 aromatic rings. The van der Waals surface area contributed by atoms with E-state index in [0.29, 0.717) is 5.39 Å². The van der Waals surface area contributed by atoms with Gasteiger partial charge in [-0.2, -0.15) is 0 Å². The summed E-state index contributed by atoms with van der Waals surface area (Å²) >= 11 is 0. The molecule has 0 radical (unpaired) electrons. The molecule has 0 spiro atoms. The van der Waals surface area contributed by atoms with Crippen LogP contribution in [0.25, 0.3) is 10.8 Å². The van der Waals surface area contributed by atoms with Crippen LogP contribution in [0.1, 0.15) is 34.6 Å². The minimum absolute atomic E-state index is 0.140. The van der Waals surface area contributed by atoms with Gasteiger partial charge in [-0.15, -0.1) is 0 Å². The lowest BCUT2D eigenvalue weighted by Gasteiger charge is -2.16. The number of pyridine rings is 1. The highest BCUT2D eigenvalue weighted by atomic mass is 16.2. The summed E-state index contributed by atoms with van der Waals surface area (Å²) in [4.78, 5) is 27.2. The highest BCUT2D eigenvalue weighted by Gasteiger charge is 2.14. The fourth-order valence-electron chi connectivity index (χ4n) is 2.76. The predicted molar refractivity (Wildman–Crippen MR) is 91.6 cm³/mol. The van der Waals surface area contributed by atoms with E-state index in [1.165, 1.54) is 0 Å². The maximum absolute atomic E-state index is 12.5. The van der Waals surface area contributed by atoms with E-state index in [1.54, 1.807) is 18.2 Å². The van der Waals surface area contributed by atoms with E-state index in [1.807, 2.05) is 50.2 Å². The van der Waals surface area contributed by atoms with Crippen LogP contribution in [-0.4, -0.2) is 10.9 Å². The third-order valence-corrected chi connectivity index (χ3v) is 4.00. The van der Waals surface area contributed by atoms with Gasteiger partial charge in [0, 0.05) is 5.39 Å². The van der Waals surface area contributed by atoms with Crippen molar-refractivity contribution < 1.29 is 4.79 Å². The number of carbonyl (C=O) groups excluding carboxylic acids is 1.